The second-order valence-corrected chi connectivity index (χ2v) is 9.77. The first kappa shape index (κ1) is 21.4. The number of halogens is 3. The van der Waals surface area contributed by atoms with Crippen molar-refractivity contribution in [3.05, 3.63) is 48.5 Å². The normalized spacial score (nSPS) is 15.9. The largest absolute Gasteiger partial charge is 0.501 e. The number of hydrogen-bond acceptors (Lipinski definition) is 6. The van der Waals surface area contributed by atoms with Crippen LogP contribution in [0.15, 0.2) is 58.3 Å². The number of morpholine rings is 1. The van der Waals surface area contributed by atoms with Crippen LogP contribution in [0.3, 0.4) is 0 Å². The number of benzene rings is 2. The summed E-state index contributed by atoms with van der Waals surface area (Å²) in [5.41, 5.74) is -4.54. The fourth-order valence-electron chi connectivity index (χ4n) is 2.78. The summed E-state index contributed by atoms with van der Waals surface area (Å²) in [5, 5.41) is 0. The van der Waals surface area contributed by atoms with Crippen molar-refractivity contribution in [3.63, 3.8) is 0 Å². The molecule has 0 radical (unpaired) electrons. The molecule has 1 N–H and O–H groups in total. The molecule has 12 heteroatoms. The van der Waals surface area contributed by atoms with E-state index < -0.39 is 30.3 Å². The smallest absolute Gasteiger partial charge is 0.378 e. The first-order valence-corrected chi connectivity index (χ1v) is 11.3. The van der Waals surface area contributed by atoms with E-state index in [-0.39, 0.29) is 4.90 Å². The number of nitrogens with one attached hydrogen (secondary N) is 1. The number of rotatable bonds is 5. The molecule has 0 saturated carbocycles. The molecular weight excluding hydrogens is 433 g/mol. The van der Waals surface area contributed by atoms with Gasteiger partial charge in [0, 0.05) is 13.1 Å². The predicted octanol–water partition coefficient (Wildman–Crippen LogP) is 2.62. The Morgan fingerprint density at radius 3 is 2.00 bits per heavy atom. The van der Waals surface area contributed by atoms with E-state index in [2.05, 4.69) is 4.72 Å². The van der Waals surface area contributed by atoms with E-state index in [9.17, 15) is 30.0 Å². The average Bonchev–Trinajstić information content (AvgIpc) is 2.68. The third kappa shape index (κ3) is 4.49. The van der Waals surface area contributed by atoms with Gasteiger partial charge in [0.15, 0.2) is 0 Å². The number of anilines is 2. The molecule has 29 heavy (non-hydrogen) atoms. The van der Waals surface area contributed by atoms with Crippen molar-refractivity contribution in [1.29, 1.82) is 0 Å². The van der Waals surface area contributed by atoms with Crippen molar-refractivity contribution in [1.82, 2.24) is 0 Å². The Labute approximate surface area is 166 Å². The Morgan fingerprint density at radius 1 is 0.862 bits per heavy atom. The van der Waals surface area contributed by atoms with Crippen molar-refractivity contribution >= 4 is 31.2 Å². The van der Waals surface area contributed by atoms with Gasteiger partial charge >= 0.3 is 5.51 Å². The highest BCUT2D eigenvalue weighted by molar-refractivity contribution is 7.93. The molecule has 0 atom stereocenters. The van der Waals surface area contributed by atoms with Gasteiger partial charge in [-0.1, -0.05) is 12.1 Å². The van der Waals surface area contributed by atoms with E-state index in [4.69, 9.17) is 4.74 Å². The van der Waals surface area contributed by atoms with Crippen molar-refractivity contribution in [2.75, 3.05) is 35.9 Å². The maximum absolute atomic E-state index is 12.7. The maximum Gasteiger partial charge on any atom is 0.501 e. The van der Waals surface area contributed by atoms with Gasteiger partial charge in [0.05, 0.1) is 34.4 Å². The number of nitrogens with zero attached hydrogens (tertiary/aromatic N) is 1. The molecule has 1 fully saturated rings. The first-order chi connectivity index (χ1) is 13.5. The highest BCUT2D eigenvalue weighted by Gasteiger charge is 2.46. The minimum absolute atomic E-state index is 0.293. The van der Waals surface area contributed by atoms with Gasteiger partial charge in [-0.15, -0.1) is 0 Å². The highest BCUT2D eigenvalue weighted by Crippen LogP contribution is 2.32. The van der Waals surface area contributed by atoms with Crippen LogP contribution < -0.4 is 9.62 Å². The quantitative estimate of drug-likeness (QED) is 0.753. The molecule has 1 aliphatic heterocycles. The second kappa shape index (κ2) is 7.84. The SMILES string of the molecule is O=S(=O)(Nc1ccccc1N1CCOCC1)c1ccc(S(=O)(=O)C(F)(F)F)cc1. The Bertz CT molecular complexity index is 1080. The molecule has 0 amide bonds. The van der Waals surface area contributed by atoms with Crippen LogP contribution in [0.5, 0.6) is 0 Å². The van der Waals surface area contributed by atoms with Gasteiger partial charge in [-0.3, -0.25) is 4.72 Å². The summed E-state index contributed by atoms with van der Waals surface area (Å²) >= 11 is 0. The number of ether oxygens (including phenoxy) is 1. The lowest BCUT2D eigenvalue weighted by molar-refractivity contribution is -0.0436. The zero-order valence-corrected chi connectivity index (χ0v) is 16.5. The minimum Gasteiger partial charge on any atom is -0.378 e. The number of hydrogen-bond donors (Lipinski definition) is 1. The number of sulfone groups is 1. The Morgan fingerprint density at radius 2 is 1.41 bits per heavy atom. The van der Waals surface area contributed by atoms with Gasteiger partial charge in [-0.25, -0.2) is 16.8 Å². The van der Waals surface area contributed by atoms with Crippen LogP contribution in [-0.4, -0.2) is 48.6 Å². The molecule has 1 aliphatic rings. The van der Waals surface area contributed by atoms with Gasteiger partial charge in [0.2, 0.25) is 0 Å². The van der Waals surface area contributed by atoms with Crippen molar-refractivity contribution < 1.29 is 34.7 Å². The summed E-state index contributed by atoms with van der Waals surface area (Å²) in [6.07, 6.45) is 0. The molecule has 7 nitrogen and oxygen atoms in total. The van der Waals surface area contributed by atoms with E-state index in [0.29, 0.717) is 49.8 Å². The van der Waals surface area contributed by atoms with E-state index in [1.54, 1.807) is 24.3 Å². The van der Waals surface area contributed by atoms with Gasteiger partial charge in [0.25, 0.3) is 19.9 Å². The molecule has 0 spiro atoms. The Kier molecular flexibility index (Phi) is 5.79. The fraction of sp³-hybridized carbons (Fsp3) is 0.294. The molecule has 0 aromatic heterocycles. The van der Waals surface area contributed by atoms with Gasteiger partial charge in [-0.05, 0) is 36.4 Å². The molecule has 1 heterocycles. The topological polar surface area (TPSA) is 92.8 Å². The lowest BCUT2D eigenvalue weighted by atomic mass is 10.2. The molecule has 158 valence electrons. The zero-order valence-electron chi connectivity index (χ0n) is 14.9. The van der Waals surface area contributed by atoms with Gasteiger partial charge in [0.1, 0.15) is 0 Å². The summed E-state index contributed by atoms with van der Waals surface area (Å²) < 4.78 is 93.8. The van der Waals surface area contributed by atoms with Crippen molar-refractivity contribution in [3.8, 4) is 0 Å². The summed E-state index contributed by atoms with van der Waals surface area (Å²) in [4.78, 5) is 0.549. The molecule has 0 unspecified atom stereocenters. The van der Waals surface area contributed by atoms with Crippen LogP contribution in [-0.2, 0) is 24.6 Å². The van der Waals surface area contributed by atoms with Crippen LogP contribution in [0.2, 0.25) is 0 Å². The van der Waals surface area contributed by atoms with Crippen LogP contribution in [0.4, 0.5) is 24.5 Å². The molecular formula is C17H17F3N2O5S2. The molecule has 2 aromatic carbocycles. The number of sulfonamides is 1. The number of para-hydroxylation sites is 2. The van der Waals surface area contributed by atoms with E-state index >= 15 is 0 Å². The second-order valence-electron chi connectivity index (χ2n) is 6.14. The van der Waals surface area contributed by atoms with Gasteiger partial charge in [-0.2, -0.15) is 13.2 Å². The third-order valence-corrected chi connectivity index (χ3v) is 7.13. The molecule has 0 bridgehead atoms. The van der Waals surface area contributed by atoms with E-state index in [0.717, 1.165) is 12.1 Å². The Balaban J connectivity index is 1.88. The third-order valence-electron chi connectivity index (χ3n) is 4.25. The minimum atomic E-state index is -5.55. The summed E-state index contributed by atoms with van der Waals surface area (Å²) in [7, 11) is -9.71. The van der Waals surface area contributed by atoms with Crippen LogP contribution in [0, 0.1) is 0 Å². The fourth-order valence-corrected chi connectivity index (χ4v) is 4.61. The number of alkyl halides is 3. The average molecular weight is 450 g/mol. The maximum atomic E-state index is 12.7. The zero-order chi connectivity index (χ0) is 21.3. The lowest BCUT2D eigenvalue weighted by Crippen LogP contribution is -2.36. The molecule has 1 saturated heterocycles. The highest BCUT2D eigenvalue weighted by atomic mass is 32.2. The standard InChI is InChI=1S/C17H17F3N2O5S2/c18-17(19,20)28(23,24)13-5-7-14(8-6-13)29(25,26)21-15-3-1-2-4-16(15)22-9-11-27-12-10-22/h1-8,21H,9-12H2. The predicted molar refractivity (Wildman–Crippen MR) is 100.0 cm³/mol. The molecule has 2 aromatic rings. The van der Waals surface area contributed by atoms with Gasteiger partial charge < -0.3 is 9.64 Å². The van der Waals surface area contributed by atoms with Crippen LogP contribution in [0.25, 0.3) is 0 Å². The van der Waals surface area contributed by atoms with E-state index in [1.807, 2.05) is 4.90 Å². The first-order valence-electron chi connectivity index (χ1n) is 8.38. The van der Waals surface area contributed by atoms with Crippen molar-refractivity contribution in [2.24, 2.45) is 0 Å². The summed E-state index contributed by atoms with van der Waals surface area (Å²) in [5.74, 6) is 0. The molecule has 3 rings (SSSR count). The lowest BCUT2D eigenvalue weighted by Gasteiger charge is -2.30. The molecule has 0 aliphatic carbocycles. The van der Waals surface area contributed by atoms with E-state index in [1.165, 1.54) is 0 Å². The monoisotopic (exact) mass is 450 g/mol. The van der Waals surface area contributed by atoms with Crippen LogP contribution in [0.1, 0.15) is 0 Å². The Hall–Kier alpha value is -2.31. The summed E-state index contributed by atoms with van der Waals surface area (Å²) in [6, 6.07) is 9.56. The van der Waals surface area contributed by atoms with Crippen molar-refractivity contribution in [2.45, 2.75) is 15.3 Å². The van der Waals surface area contributed by atoms with Crippen LogP contribution >= 0.6 is 0 Å². The summed E-state index contributed by atoms with van der Waals surface area (Å²) in [6.45, 7) is 2.14.